The first-order chi connectivity index (χ1) is 7.29. The van der Waals surface area contributed by atoms with Gasteiger partial charge in [0.25, 0.3) is 0 Å². The van der Waals surface area contributed by atoms with Gasteiger partial charge in [0, 0.05) is 25.2 Å². The number of hydrogen-bond donors (Lipinski definition) is 2. The van der Waals surface area contributed by atoms with Crippen LogP contribution in [0.2, 0.25) is 0 Å². The fraction of sp³-hybridized carbons (Fsp3) is 0.600. The number of nitrogens with one attached hydrogen (secondary N) is 1. The first-order valence-electron chi connectivity index (χ1n) is 5.29. The Morgan fingerprint density at radius 2 is 2.47 bits per heavy atom. The number of rotatable bonds is 5. The van der Waals surface area contributed by atoms with Gasteiger partial charge < -0.3 is 11.1 Å². The summed E-state index contributed by atoms with van der Waals surface area (Å²) in [5.74, 6) is 0.601. The van der Waals surface area contributed by atoms with E-state index < -0.39 is 0 Å². The maximum absolute atomic E-state index is 11.3. The molecule has 1 heterocycles. The Labute approximate surface area is 88.6 Å². The van der Waals surface area contributed by atoms with Crippen molar-refractivity contribution in [2.24, 2.45) is 5.73 Å². The largest absolute Gasteiger partial charge is 0.353 e. The van der Waals surface area contributed by atoms with Crippen molar-refractivity contribution >= 4 is 5.91 Å². The lowest BCUT2D eigenvalue weighted by molar-refractivity contribution is -0.121. The zero-order valence-corrected chi connectivity index (χ0v) is 8.65. The van der Waals surface area contributed by atoms with Crippen molar-refractivity contribution in [1.29, 1.82) is 0 Å². The first kappa shape index (κ1) is 10.2. The molecule has 3 N–H and O–H groups in total. The van der Waals surface area contributed by atoms with Crippen LogP contribution in [0.4, 0.5) is 0 Å². The van der Waals surface area contributed by atoms with Gasteiger partial charge in [-0.25, -0.2) is 0 Å². The summed E-state index contributed by atoms with van der Waals surface area (Å²) in [7, 11) is 0. The summed E-state index contributed by atoms with van der Waals surface area (Å²) in [5, 5.41) is 7.06. The molecule has 0 unspecified atom stereocenters. The second kappa shape index (κ2) is 4.44. The van der Waals surface area contributed by atoms with E-state index >= 15 is 0 Å². The summed E-state index contributed by atoms with van der Waals surface area (Å²) in [6.45, 7) is 1.28. The smallest absolute Gasteiger partial charge is 0.241 e. The van der Waals surface area contributed by atoms with Gasteiger partial charge in [-0.05, 0) is 18.9 Å². The first-order valence-corrected chi connectivity index (χ1v) is 5.29. The minimum atomic E-state index is -0.0362. The second-order valence-corrected chi connectivity index (χ2v) is 3.85. The maximum Gasteiger partial charge on any atom is 0.241 e. The summed E-state index contributed by atoms with van der Waals surface area (Å²) in [6.07, 6.45) is 4.32. The van der Waals surface area contributed by atoms with E-state index in [9.17, 15) is 4.79 Å². The summed E-state index contributed by atoms with van der Waals surface area (Å²) < 4.78 is 1.68. The minimum absolute atomic E-state index is 0.0362. The molecule has 1 amide bonds. The number of nitrogens with zero attached hydrogens (tertiary/aromatic N) is 2. The number of carbonyl (C=O) groups is 1. The Balaban J connectivity index is 1.84. The third-order valence-electron chi connectivity index (χ3n) is 2.43. The summed E-state index contributed by atoms with van der Waals surface area (Å²) in [6, 6.07) is 1.99. The van der Waals surface area contributed by atoms with Gasteiger partial charge in [-0.1, -0.05) is 0 Å². The van der Waals surface area contributed by atoms with Gasteiger partial charge in [0.2, 0.25) is 5.91 Å². The van der Waals surface area contributed by atoms with Gasteiger partial charge in [-0.3, -0.25) is 9.48 Å². The highest BCUT2D eigenvalue weighted by atomic mass is 16.2. The summed E-state index contributed by atoms with van der Waals surface area (Å²) in [5.41, 5.74) is 6.40. The second-order valence-electron chi connectivity index (χ2n) is 3.85. The molecule has 0 radical (unpaired) electrons. The molecule has 0 aliphatic heterocycles. The van der Waals surface area contributed by atoms with Gasteiger partial charge in [0.1, 0.15) is 6.54 Å². The molecule has 1 aliphatic carbocycles. The monoisotopic (exact) mass is 208 g/mol. The average molecular weight is 208 g/mol. The fourth-order valence-electron chi connectivity index (χ4n) is 1.48. The van der Waals surface area contributed by atoms with Crippen molar-refractivity contribution in [2.75, 3.05) is 13.1 Å². The molecule has 5 nitrogen and oxygen atoms in total. The van der Waals surface area contributed by atoms with E-state index in [0.29, 0.717) is 19.0 Å². The van der Waals surface area contributed by atoms with Crippen LogP contribution in [0.25, 0.3) is 0 Å². The van der Waals surface area contributed by atoms with Crippen LogP contribution >= 0.6 is 0 Å². The van der Waals surface area contributed by atoms with Crippen LogP contribution in [-0.2, 0) is 11.3 Å². The Bertz CT molecular complexity index is 343. The molecule has 82 valence electrons. The highest BCUT2D eigenvalue weighted by Gasteiger charge is 2.25. The SMILES string of the molecule is NCCNC(=O)Cn1ccc(C2CC2)n1. The molecule has 0 saturated heterocycles. The number of carbonyl (C=O) groups excluding carboxylic acids is 1. The molecular weight excluding hydrogens is 192 g/mol. The third-order valence-corrected chi connectivity index (χ3v) is 2.43. The lowest BCUT2D eigenvalue weighted by atomic mass is 10.3. The minimum Gasteiger partial charge on any atom is -0.353 e. The lowest BCUT2D eigenvalue weighted by Crippen LogP contribution is -2.32. The highest BCUT2D eigenvalue weighted by Crippen LogP contribution is 2.38. The summed E-state index contributed by atoms with van der Waals surface area (Å²) in [4.78, 5) is 11.3. The van der Waals surface area contributed by atoms with Crippen molar-refractivity contribution in [2.45, 2.75) is 25.3 Å². The number of amides is 1. The van der Waals surface area contributed by atoms with Crippen molar-refractivity contribution in [3.05, 3.63) is 18.0 Å². The normalized spacial score (nSPS) is 15.3. The topological polar surface area (TPSA) is 72.9 Å². The average Bonchev–Trinajstić information content (AvgIpc) is 2.98. The third kappa shape index (κ3) is 2.79. The van der Waals surface area contributed by atoms with Gasteiger partial charge in [0.15, 0.2) is 0 Å². The molecule has 2 rings (SSSR count). The van der Waals surface area contributed by atoms with Crippen molar-refractivity contribution < 1.29 is 4.79 Å². The zero-order valence-electron chi connectivity index (χ0n) is 8.65. The van der Waals surface area contributed by atoms with Gasteiger partial charge in [-0.2, -0.15) is 5.10 Å². The van der Waals surface area contributed by atoms with Crippen LogP contribution in [0.1, 0.15) is 24.5 Å². The fourth-order valence-corrected chi connectivity index (χ4v) is 1.48. The van der Waals surface area contributed by atoms with Gasteiger partial charge >= 0.3 is 0 Å². The molecule has 1 saturated carbocycles. The molecule has 15 heavy (non-hydrogen) atoms. The van der Waals surface area contributed by atoms with Crippen LogP contribution in [0.15, 0.2) is 12.3 Å². The molecule has 1 aliphatic rings. The number of nitrogens with two attached hydrogens (primary N) is 1. The molecule has 5 heteroatoms. The van der Waals surface area contributed by atoms with E-state index in [-0.39, 0.29) is 12.5 Å². The molecule has 0 spiro atoms. The Kier molecular flexibility index (Phi) is 3.01. The predicted molar refractivity (Wildman–Crippen MR) is 56.3 cm³/mol. The number of aromatic nitrogens is 2. The van der Waals surface area contributed by atoms with Crippen LogP contribution in [0.5, 0.6) is 0 Å². The maximum atomic E-state index is 11.3. The standard InChI is InChI=1S/C10H16N4O/c11-4-5-12-10(15)7-14-6-3-9(13-14)8-1-2-8/h3,6,8H,1-2,4-5,7,11H2,(H,12,15). The van der Waals surface area contributed by atoms with Crippen LogP contribution in [-0.4, -0.2) is 28.8 Å². The zero-order chi connectivity index (χ0) is 10.7. The molecular formula is C10H16N4O. The van der Waals surface area contributed by atoms with Crippen molar-refractivity contribution in [3.8, 4) is 0 Å². The molecule has 0 bridgehead atoms. The van der Waals surface area contributed by atoms with Crippen molar-refractivity contribution in [3.63, 3.8) is 0 Å². The molecule has 1 aromatic rings. The van der Waals surface area contributed by atoms with Crippen molar-refractivity contribution in [1.82, 2.24) is 15.1 Å². The molecule has 0 aromatic carbocycles. The Hall–Kier alpha value is -1.36. The predicted octanol–water partition coefficient (Wildman–Crippen LogP) is -0.165. The Morgan fingerprint density at radius 1 is 1.67 bits per heavy atom. The quantitative estimate of drug-likeness (QED) is 0.706. The van der Waals surface area contributed by atoms with Gasteiger partial charge in [0.05, 0.1) is 5.69 Å². The van der Waals surface area contributed by atoms with E-state index in [1.165, 1.54) is 12.8 Å². The molecule has 1 fully saturated rings. The molecule has 1 aromatic heterocycles. The van der Waals surface area contributed by atoms with E-state index in [4.69, 9.17) is 5.73 Å². The van der Waals surface area contributed by atoms with E-state index in [1.54, 1.807) is 4.68 Å². The van der Waals surface area contributed by atoms with Gasteiger partial charge in [-0.15, -0.1) is 0 Å². The van der Waals surface area contributed by atoms with Crippen LogP contribution in [0, 0.1) is 0 Å². The number of hydrogen-bond acceptors (Lipinski definition) is 3. The van der Waals surface area contributed by atoms with E-state index in [2.05, 4.69) is 10.4 Å². The van der Waals surface area contributed by atoms with Crippen LogP contribution < -0.4 is 11.1 Å². The Morgan fingerprint density at radius 3 is 3.13 bits per heavy atom. The summed E-state index contributed by atoms with van der Waals surface area (Å²) >= 11 is 0. The van der Waals surface area contributed by atoms with E-state index in [1.807, 2.05) is 12.3 Å². The lowest BCUT2D eigenvalue weighted by Gasteiger charge is -2.03. The highest BCUT2D eigenvalue weighted by molar-refractivity contribution is 5.75. The molecule has 0 atom stereocenters. The van der Waals surface area contributed by atoms with Crippen LogP contribution in [0.3, 0.4) is 0 Å². The van der Waals surface area contributed by atoms with E-state index in [0.717, 1.165) is 5.69 Å².